The minimum atomic E-state index is -2.39. The maximum absolute atomic E-state index is 12.8. The highest BCUT2D eigenvalue weighted by Gasteiger charge is 2.59. The van der Waals surface area contributed by atoms with E-state index in [-0.39, 0.29) is 0 Å². The Morgan fingerprint density at radius 1 is 0.310 bits per heavy atom. The number of hydrogen-bond acceptors (Lipinski definition) is 36. The van der Waals surface area contributed by atoms with Crippen LogP contribution in [0.2, 0.25) is 0 Å². The molecule has 7 saturated heterocycles. The van der Waals surface area contributed by atoms with Crippen LogP contribution < -0.4 is 10.6 Å². The highest BCUT2D eigenvalue weighted by molar-refractivity contribution is 5.73. The molecule has 0 unspecified atom stereocenters. The average Bonchev–Trinajstić information content (AvgIpc) is 3.27. The van der Waals surface area contributed by atoms with Crippen LogP contribution in [-0.4, -0.2) is 380 Å². The number of ether oxygens (including phenoxy) is 13. The summed E-state index contributed by atoms with van der Waals surface area (Å²) in [4.78, 5) is 25.6. The molecule has 0 saturated carbocycles. The monoisotopic (exact) mass is 1230 g/mol. The fourth-order valence-corrected chi connectivity index (χ4v) is 10.7. The molecule has 0 aromatic rings. The molecule has 2 amide bonds. The van der Waals surface area contributed by atoms with Gasteiger partial charge in [0.05, 0.1) is 46.2 Å². The minimum absolute atomic E-state index is 0.863. The van der Waals surface area contributed by atoms with E-state index in [1.54, 1.807) is 0 Å². The molecule has 7 aliphatic heterocycles. The predicted molar refractivity (Wildman–Crippen MR) is 255 cm³/mol. The summed E-state index contributed by atoms with van der Waals surface area (Å²) < 4.78 is 74.9. The van der Waals surface area contributed by atoms with Crippen LogP contribution in [0.5, 0.6) is 0 Å². The van der Waals surface area contributed by atoms with E-state index in [0.717, 1.165) is 13.8 Å². The smallest absolute Gasteiger partial charge is 0.217 e. The van der Waals surface area contributed by atoms with Crippen molar-refractivity contribution in [3.05, 3.63) is 0 Å². The number of rotatable bonds is 21. The first-order valence-corrected chi connectivity index (χ1v) is 26.6. The molecule has 0 radical (unpaired) electrons. The molecule has 488 valence electrons. The first-order chi connectivity index (χ1) is 39.7. The van der Waals surface area contributed by atoms with Crippen molar-refractivity contribution in [1.82, 2.24) is 10.6 Å². The quantitative estimate of drug-likeness (QED) is 0.0507. The molecule has 0 aromatic heterocycles. The largest absolute Gasteiger partial charge is 0.394 e. The Labute approximate surface area is 475 Å². The van der Waals surface area contributed by atoms with Crippen molar-refractivity contribution in [3.8, 4) is 0 Å². The van der Waals surface area contributed by atoms with Crippen LogP contribution in [0, 0.1) is 0 Å². The Morgan fingerprint density at radius 3 is 1.02 bits per heavy atom. The van der Waals surface area contributed by atoms with Crippen molar-refractivity contribution in [2.75, 3.05) is 46.2 Å². The molecular weight excluding hydrogens is 1160 g/mol. The van der Waals surface area contributed by atoms with Gasteiger partial charge >= 0.3 is 0 Å². The first kappa shape index (κ1) is 69.1. The molecule has 7 heterocycles. The second-order valence-corrected chi connectivity index (χ2v) is 21.1. The molecule has 7 fully saturated rings. The number of carbonyl (C=O) groups excluding carboxylic acids is 2. The SMILES string of the molecule is CC(=O)N[C@H]1[C@H](O[C@@H]2[C@@H](O[C@@H]3[C@H](O)[C@H](O)O[C@H](CO[C@H]4O[C@H](CO)[C@@H](O)[C@H](O)[C@@H]4O)[C@H]3O)O[C@H](CO)[C@@H](O[C@@H]3O[C@H](CO)[C@@H](O[C@@H]4O[C@H](CO)[C@H](O)[C@H](O)[C@H]4O)[C@H](O)[C@H]3NC(C)=O)[C@@H]2O)O[C@H](CO)[C@@H](O[C@@H]2O[C@H](CO)[C@H](O)[C@H](O)[C@H]2O)[C@@H]1O. The summed E-state index contributed by atoms with van der Waals surface area (Å²) in [5, 5.41) is 230. The summed E-state index contributed by atoms with van der Waals surface area (Å²) in [6.45, 7) is -5.01. The molecule has 23 N–H and O–H groups in total. The van der Waals surface area contributed by atoms with Crippen LogP contribution in [-0.2, 0) is 71.2 Å². The van der Waals surface area contributed by atoms with Crippen LogP contribution in [0.1, 0.15) is 13.8 Å². The normalized spacial score (nSPS) is 50.3. The number of aliphatic hydroxyl groups excluding tert-OH is 21. The van der Waals surface area contributed by atoms with Crippen molar-refractivity contribution < 1.29 is 178 Å². The third-order valence-corrected chi connectivity index (χ3v) is 15.3. The lowest BCUT2D eigenvalue weighted by Gasteiger charge is -2.51. The van der Waals surface area contributed by atoms with E-state index < -0.39 is 273 Å². The van der Waals surface area contributed by atoms with Gasteiger partial charge in [-0.15, -0.1) is 0 Å². The van der Waals surface area contributed by atoms with Gasteiger partial charge in [0.2, 0.25) is 11.8 Å². The maximum atomic E-state index is 12.8. The van der Waals surface area contributed by atoms with Gasteiger partial charge in [0.15, 0.2) is 44.0 Å². The minimum Gasteiger partial charge on any atom is -0.394 e. The highest BCUT2D eigenvalue weighted by atomic mass is 16.8. The lowest BCUT2D eigenvalue weighted by Crippen LogP contribution is -2.71. The topological polar surface area (TPSA) is 603 Å². The number of nitrogens with one attached hydrogen (secondary N) is 2. The summed E-state index contributed by atoms with van der Waals surface area (Å²) in [6.07, 6.45) is -65.2. The van der Waals surface area contributed by atoms with E-state index in [2.05, 4.69) is 10.6 Å². The summed E-state index contributed by atoms with van der Waals surface area (Å²) >= 11 is 0. The second kappa shape index (κ2) is 29.9. The third-order valence-electron chi connectivity index (χ3n) is 15.3. The molecule has 38 heteroatoms. The summed E-state index contributed by atoms with van der Waals surface area (Å²) in [6, 6.07) is -3.76. The van der Waals surface area contributed by atoms with Gasteiger partial charge in [-0.1, -0.05) is 0 Å². The molecule has 7 aliphatic rings. The Bertz CT molecular complexity index is 2060. The van der Waals surface area contributed by atoms with Crippen LogP contribution >= 0.6 is 0 Å². The number of aliphatic hydroxyl groups is 21. The van der Waals surface area contributed by atoms with E-state index in [9.17, 15) is 117 Å². The Kier molecular flexibility index (Phi) is 24.6. The van der Waals surface area contributed by atoms with Crippen molar-refractivity contribution >= 4 is 11.8 Å². The molecule has 38 nitrogen and oxygen atoms in total. The van der Waals surface area contributed by atoms with E-state index in [1.165, 1.54) is 0 Å². The third kappa shape index (κ3) is 14.7. The maximum Gasteiger partial charge on any atom is 0.217 e. The van der Waals surface area contributed by atoms with Gasteiger partial charge in [-0.25, -0.2) is 0 Å². The predicted octanol–water partition coefficient (Wildman–Crippen LogP) is -16.0. The van der Waals surface area contributed by atoms with Gasteiger partial charge in [-0.2, -0.15) is 0 Å². The Morgan fingerprint density at radius 2 is 0.631 bits per heavy atom. The van der Waals surface area contributed by atoms with E-state index >= 15 is 0 Å². The van der Waals surface area contributed by atoms with Gasteiger partial charge < -0.3 is 179 Å². The summed E-state index contributed by atoms with van der Waals surface area (Å²) in [5.41, 5.74) is 0. The number of carbonyl (C=O) groups is 2. The molecule has 0 bridgehead atoms. The molecule has 7 rings (SSSR count). The fourth-order valence-electron chi connectivity index (χ4n) is 10.7. The van der Waals surface area contributed by atoms with Crippen LogP contribution in [0.3, 0.4) is 0 Å². The standard InChI is InChI=1S/C46H78N2O36/c1-10(55)47-19-25(61)35(81-44-31(67)28(64)22(58)13(4-50)75-44)15(6-52)77-41(19)80-37-17(8-54)79-46(83-38-24(60)18(73-40(71)34(38)70)9-72-43-30(66)27(63)21(57)12(3-49)74-43)39(33(37)69)84-42-20(48-11(2)56)26(62)36(16(7-53)78-42)82-45-32(68)29(65)23(59)14(5-51)76-45/h12-46,49-54,57-71H,3-9H2,1-2H3,(H,47,55)(H,48,56)/t12-,13-,14-,15-,16-,17-,18-,19-,20-,21-,22+,23+,24-,25-,26-,27+,28+,29+,30+,31-,32-,33+,34+,35-,36-,37-,38+,39+,40-,41+,42+,43+,44+,45+,46-/m1/s1. The van der Waals surface area contributed by atoms with Gasteiger partial charge in [-0.05, 0) is 0 Å². The molecule has 0 aliphatic carbocycles. The molecule has 0 spiro atoms. The van der Waals surface area contributed by atoms with Gasteiger partial charge in [-0.3, -0.25) is 9.59 Å². The molecule has 35 atom stereocenters. The second-order valence-electron chi connectivity index (χ2n) is 21.1. The summed E-state index contributed by atoms with van der Waals surface area (Å²) in [5.74, 6) is -1.82. The van der Waals surface area contributed by atoms with Crippen LogP contribution in [0.25, 0.3) is 0 Å². The number of amides is 2. The van der Waals surface area contributed by atoms with E-state index in [1.807, 2.05) is 0 Å². The lowest BCUT2D eigenvalue weighted by atomic mass is 9.93. The van der Waals surface area contributed by atoms with Crippen molar-refractivity contribution in [1.29, 1.82) is 0 Å². The van der Waals surface area contributed by atoms with Gasteiger partial charge in [0.1, 0.15) is 171 Å². The Hall–Kier alpha value is -2.42. The van der Waals surface area contributed by atoms with E-state index in [0.29, 0.717) is 0 Å². The van der Waals surface area contributed by atoms with Crippen molar-refractivity contribution in [2.24, 2.45) is 0 Å². The lowest BCUT2D eigenvalue weighted by molar-refractivity contribution is -0.400. The van der Waals surface area contributed by atoms with Crippen LogP contribution in [0.4, 0.5) is 0 Å². The fraction of sp³-hybridized carbons (Fsp3) is 0.957. The van der Waals surface area contributed by atoms with Gasteiger partial charge in [0, 0.05) is 13.8 Å². The van der Waals surface area contributed by atoms with Crippen molar-refractivity contribution in [3.63, 3.8) is 0 Å². The highest BCUT2D eigenvalue weighted by Crippen LogP contribution is 2.38. The van der Waals surface area contributed by atoms with Gasteiger partial charge in [0.25, 0.3) is 0 Å². The average molecular weight is 1240 g/mol. The van der Waals surface area contributed by atoms with Crippen molar-refractivity contribution in [2.45, 2.75) is 229 Å². The summed E-state index contributed by atoms with van der Waals surface area (Å²) in [7, 11) is 0. The first-order valence-electron chi connectivity index (χ1n) is 26.6. The molecular formula is C46H78N2O36. The number of hydrogen-bond donors (Lipinski definition) is 23. The Balaban J connectivity index is 1.21. The zero-order valence-electron chi connectivity index (χ0n) is 44.7. The zero-order chi connectivity index (χ0) is 61.9. The van der Waals surface area contributed by atoms with Crippen LogP contribution in [0.15, 0.2) is 0 Å². The molecule has 84 heavy (non-hydrogen) atoms. The van der Waals surface area contributed by atoms with E-state index in [4.69, 9.17) is 61.6 Å². The zero-order valence-corrected chi connectivity index (χ0v) is 44.7. The molecule has 0 aromatic carbocycles.